The van der Waals surface area contributed by atoms with Gasteiger partial charge in [0.2, 0.25) is 0 Å². The Bertz CT molecular complexity index is 674. The van der Waals surface area contributed by atoms with E-state index in [0.29, 0.717) is 13.0 Å². The van der Waals surface area contributed by atoms with Gasteiger partial charge in [0.25, 0.3) is 0 Å². The smallest absolute Gasteiger partial charge is 0.306 e. The lowest BCUT2D eigenvalue weighted by Crippen LogP contribution is -2.37. The van der Waals surface area contributed by atoms with Gasteiger partial charge in [-0.2, -0.15) is 0 Å². The predicted octanol–water partition coefficient (Wildman–Crippen LogP) is 3.13. The molecule has 4 nitrogen and oxygen atoms in total. The summed E-state index contributed by atoms with van der Waals surface area (Å²) in [5, 5.41) is 10.4. The van der Waals surface area contributed by atoms with E-state index >= 15 is 0 Å². The second-order valence-electron chi connectivity index (χ2n) is 5.54. The van der Waals surface area contributed by atoms with Crippen molar-refractivity contribution in [3.05, 3.63) is 35.0 Å². The van der Waals surface area contributed by atoms with Crippen molar-refractivity contribution in [1.29, 1.82) is 0 Å². The Hall–Kier alpha value is -1.81. The van der Waals surface area contributed by atoms with E-state index in [0.717, 1.165) is 17.6 Å². The van der Waals surface area contributed by atoms with Gasteiger partial charge in [-0.1, -0.05) is 18.6 Å². The molecule has 1 aromatic heterocycles. The van der Waals surface area contributed by atoms with Crippen LogP contribution in [0.15, 0.2) is 18.2 Å². The molecule has 1 atom stereocenters. The highest BCUT2D eigenvalue weighted by Gasteiger charge is 2.40. The van der Waals surface area contributed by atoms with Gasteiger partial charge in [0.1, 0.15) is 5.60 Å². The first-order valence-electron chi connectivity index (χ1n) is 7.03. The molecule has 0 radical (unpaired) electrons. The molecule has 0 amide bonds. The zero-order valence-electron chi connectivity index (χ0n) is 11.8. The molecule has 1 aliphatic rings. The Morgan fingerprint density at radius 3 is 3.00 bits per heavy atom. The molecule has 3 rings (SSSR count). The zero-order valence-corrected chi connectivity index (χ0v) is 11.8. The first-order valence-corrected chi connectivity index (χ1v) is 7.03. The highest BCUT2D eigenvalue weighted by molar-refractivity contribution is 5.86. The molecule has 0 saturated carbocycles. The second kappa shape index (κ2) is 4.63. The zero-order chi connectivity index (χ0) is 14.3. The van der Waals surface area contributed by atoms with Crippen LogP contribution in [0.2, 0.25) is 0 Å². The monoisotopic (exact) mass is 273 g/mol. The third-order valence-electron chi connectivity index (χ3n) is 4.26. The number of rotatable bonds is 3. The van der Waals surface area contributed by atoms with Crippen molar-refractivity contribution in [3.8, 4) is 0 Å². The van der Waals surface area contributed by atoms with E-state index in [1.165, 1.54) is 16.5 Å². The van der Waals surface area contributed by atoms with Crippen molar-refractivity contribution >= 4 is 16.9 Å². The number of aromatic amines is 1. The van der Waals surface area contributed by atoms with Crippen LogP contribution >= 0.6 is 0 Å². The molecule has 4 heteroatoms. The summed E-state index contributed by atoms with van der Waals surface area (Å²) >= 11 is 0. The van der Waals surface area contributed by atoms with Gasteiger partial charge in [-0.15, -0.1) is 0 Å². The van der Waals surface area contributed by atoms with Crippen LogP contribution in [0, 0.1) is 6.92 Å². The van der Waals surface area contributed by atoms with Crippen LogP contribution in [-0.4, -0.2) is 22.7 Å². The molecular formula is C16H19NO3. The van der Waals surface area contributed by atoms with Crippen LogP contribution in [-0.2, 0) is 21.6 Å². The van der Waals surface area contributed by atoms with Crippen molar-refractivity contribution in [1.82, 2.24) is 4.98 Å². The molecule has 0 aliphatic carbocycles. The fraction of sp³-hybridized carbons (Fsp3) is 0.438. The molecule has 2 aromatic rings. The van der Waals surface area contributed by atoms with E-state index in [9.17, 15) is 9.90 Å². The Morgan fingerprint density at radius 2 is 2.30 bits per heavy atom. The molecular weight excluding hydrogens is 254 g/mol. The van der Waals surface area contributed by atoms with Crippen LogP contribution in [0.25, 0.3) is 10.9 Å². The predicted molar refractivity (Wildman–Crippen MR) is 76.9 cm³/mol. The number of carboxylic acid groups (broad SMARTS) is 1. The summed E-state index contributed by atoms with van der Waals surface area (Å²) < 4.78 is 5.90. The molecule has 0 spiro atoms. The summed E-state index contributed by atoms with van der Waals surface area (Å²) in [6.45, 7) is 4.63. The third-order valence-corrected chi connectivity index (χ3v) is 4.26. The number of hydrogen-bond acceptors (Lipinski definition) is 2. The normalized spacial score (nSPS) is 21.9. The molecule has 2 N–H and O–H groups in total. The number of carboxylic acids is 1. The van der Waals surface area contributed by atoms with Gasteiger partial charge in [-0.3, -0.25) is 4.79 Å². The highest BCUT2D eigenvalue weighted by Crippen LogP contribution is 2.41. The maximum Gasteiger partial charge on any atom is 0.306 e. The fourth-order valence-electron chi connectivity index (χ4n) is 3.22. The second-order valence-corrected chi connectivity index (χ2v) is 5.54. The van der Waals surface area contributed by atoms with Crippen molar-refractivity contribution in [2.45, 2.75) is 38.7 Å². The molecule has 1 unspecified atom stereocenters. The van der Waals surface area contributed by atoms with Gasteiger partial charge >= 0.3 is 5.97 Å². The van der Waals surface area contributed by atoms with Crippen LogP contribution in [0.4, 0.5) is 0 Å². The molecule has 2 heterocycles. The van der Waals surface area contributed by atoms with Crippen LogP contribution in [0.5, 0.6) is 0 Å². The minimum atomic E-state index is -0.825. The standard InChI is InChI=1S/C16H19NO3/c1-3-16(9-14(18)19)15-11(6-7-20-16)12-8-10(2)4-5-13(12)17-15/h4-5,8,17H,3,6-7,9H2,1-2H3,(H,18,19). The number of H-pyrrole nitrogens is 1. The molecule has 0 saturated heterocycles. The highest BCUT2D eigenvalue weighted by atomic mass is 16.5. The summed E-state index contributed by atoms with van der Waals surface area (Å²) in [5.41, 5.74) is 3.74. The molecule has 20 heavy (non-hydrogen) atoms. The van der Waals surface area contributed by atoms with Gasteiger partial charge in [-0.05, 0) is 37.5 Å². The fourth-order valence-corrected chi connectivity index (χ4v) is 3.22. The van der Waals surface area contributed by atoms with E-state index < -0.39 is 11.6 Å². The Kier molecular flexibility index (Phi) is 3.05. The lowest BCUT2D eigenvalue weighted by Gasteiger charge is -2.35. The SMILES string of the molecule is CCC1(CC(=O)O)OCCc2c1[nH]c1ccc(C)cc21. The van der Waals surface area contributed by atoms with Gasteiger partial charge in [-0.25, -0.2) is 0 Å². The number of nitrogens with one attached hydrogen (secondary N) is 1. The maximum absolute atomic E-state index is 11.2. The number of hydrogen-bond donors (Lipinski definition) is 2. The number of fused-ring (bicyclic) bond motifs is 3. The van der Waals surface area contributed by atoms with Crippen LogP contribution in [0.3, 0.4) is 0 Å². The number of aromatic nitrogens is 1. The average molecular weight is 273 g/mol. The average Bonchev–Trinajstić information content (AvgIpc) is 2.78. The van der Waals surface area contributed by atoms with Crippen LogP contribution in [0.1, 0.15) is 36.6 Å². The van der Waals surface area contributed by atoms with Gasteiger partial charge in [0.05, 0.1) is 18.7 Å². The first-order chi connectivity index (χ1) is 9.55. The van der Waals surface area contributed by atoms with Gasteiger partial charge < -0.3 is 14.8 Å². The van der Waals surface area contributed by atoms with Gasteiger partial charge in [0.15, 0.2) is 0 Å². The topological polar surface area (TPSA) is 62.3 Å². The van der Waals surface area contributed by atoms with Crippen molar-refractivity contribution in [2.75, 3.05) is 6.61 Å². The summed E-state index contributed by atoms with van der Waals surface area (Å²) in [6, 6.07) is 6.29. The molecule has 106 valence electrons. The summed E-state index contributed by atoms with van der Waals surface area (Å²) in [5.74, 6) is -0.825. The number of aryl methyl sites for hydroxylation is 1. The minimum absolute atomic E-state index is 0.00229. The molecule has 1 aliphatic heterocycles. The number of aliphatic carboxylic acids is 1. The van der Waals surface area contributed by atoms with Crippen molar-refractivity contribution < 1.29 is 14.6 Å². The minimum Gasteiger partial charge on any atom is -0.481 e. The first kappa shape index (κ1) is 13.2. The third kappa shape index (κ3) is 1.91. The Labute approximate surface area is 117 Å². The van der Waals surface area contributed by atoms with Crippen molar-refractivity contribution in [3.63, 3.8) is 0 Å². The Balaban J connectivity index is 2.21. The van der Waals surface area contributed by atoms with E-state index in [2.05, 4.69) is 30.1 Å². The van der Waals surface area contributed by atoms with E-state index in [4.69, 9.17) is 4.74 Å². The summed E-state index contributed by atoms with van der Waals surface area (Å²) in [7, 11) is 0. The van der Waals surface area contributed by atoms with E-state index in [-0.39, 0.29) is 6.42 Å². The maximum atomic E-state index is 11.2. The largest absolute Gasteiger partial charge is 0.481 e. The summed E-state index contributed by atoms with van der Waals surface area (Å²) in [6.07, 6.45) is 1.49. The number of ether oxygens (including phenoxy) is 1. The van der Waals surface area contributed by atoms with E-state index in [1.807, 2.05) is 6.92 Å². The number of benzene rings is 1. The lowest BCUT2D eigenvalue weighted by atomic mass is 9.86. The quantitative estimate of drug-likeness (QED) is 0.903. The van der Waals surface area contributed by atoms with E-state index in [1.54, 1.807) is 0 Å². The van der Waals surface area contributed by atoms with Crippen molar-refractivity contribution in [2.24, 2.45) is 0 Å². The summed E-state index contributed by atoms with van der Waals surface area (Å²) in [4.78, 5) is 14.6. The van der Waals surface area contributed by atoms with Crippen LogP contribution < -0.4 is 0 Å². The Morgan fingerprint density at radius 1 is 1.50 bits per heavy atom. The molecule has 1 aromatic carbocycles. The molecule has 0 bridgehead atoms. The number of carbonyl (C=O) groups is 1. The van der Waals surface area contributed by atoms with Gasteiger partial charge in [0, 0.05) is 10.9 Å². The lowest BCUT2D eigenvalue weighted by molar-refractivity contribution is -0.148. The molecule has 0 fully saturated rings.